The van der Waals surface area contributed by atoms with Crippen molar-refractivity contribution in [3.8, 4) is 0 Å². The number of nitrogens with two attached hydrogens (primary N) is 1. The average Bonchev–Trinajstić information content (AvgIpc) is 2.06. The van der Waals surface area contributed by atoms with Crippen molar-refractivity contribution in [3.05, 3.63) is 30.1 Å². The molecule has 1 aromatic heterocycles. The molecule has 0 aliphatic carbocycles. The van der Waals surface area contributed by atoms with E-state index in [1.165, 1.54) is 0 Å². The summed E-state index contributed by atoms with van der Waals surface area (Å²) in [5.41, 5.74) is 6.97. The Hall–Kier alpha value is -0.890. The zero-order valence-corrected chi connectivity index (χ0v) is 7.53. The third-order valence-corrected chi connectivity index (χ3v) is 1.86. The van der Waals surface area contributed by atoms with E-state index in [0.29, 0.717) is 0 Å². The molecule has 2 heteroatoms. The largest absolute Gasteiger partial charge is 0.327 e. The molecule has 0 aromatic carbocycles. The fraction of sp³-hybridized carbons (Fsp3) is 0.500. The first-order chi connectivity index (χ1) is 5.83. The number of nitrogens with zero attached hydrogens (tertiary/aromatic N) is 1. The molecule has 0 aliphatic heterocycles. The molecule has 1 aromatic rings. The third kappa shape index (κ3) is 3.01. The van der Waals surface area contributed by atoms with Crippen LogP contribution >= 0.6 is 0 Å². The Morgan fingerprint density at radius 2 is 2.33 bits per heavy atom. The van der Waals surface area contributed by atoms with E-state index in [4.69, 9.17) is 5.73 Å². The van der Waals surface area contributed by atoms with Gasteiger partial charge in [-0.15, -0.1) is 0 Å². The molecule has 0 saturated carbocycles. The van der Waals surface area contributed by atoms with Gasteiger partial charge in [0, 0.05) is 24.4 Å². The van der Waals surface area contributed by atoms with Gasteiger partial charge in [-0.2, -0.15) is 0 Å². The van der Waals surface area contributed by atoms with E-state index in [-0.39, 0.29) is 6.04 Å². The Kier molecular flexibility index (Phi) is 3.74. The highest BCUT2D eigenvalue weighted by atomic mass is 14.7. The zero-order valence-electron chi connectivity index (χ0n) is 7.53. The van der Waals surface area contributed by atoms with Crippen LogP contribution in [0, 0.1) is 0 Å². The van der Waals surface area contributed by atoms with E-state index < -0.39 is 0 Å². The van der Waals surface area contributed by atoms with Crippen LogP contribution < -0.4 is 5.73 Å². The van der Waals surface area contributed by atoms with E-state index in [2.05, 4.69) is 11.9 Å². The van der Waals surface area contributed by atoms with Gasteiger partial charge in [-0.1, -0.05) is 19.4 Å². The molecule has 0 spiro atoms. The van der Waals surface area contributed by atoms with Crippen LogP contribution in [0.25, 0.3) is 0 Å². The number of rotatable bonds is 4. The molecular weight excluding hydrogens is 148 g/mol. The fourth-order valence-electron chi connectivity index (χ4n) is 1.26. The van der Waals surface area contributed by atoms with E-state index in [1.54, 1.807) is 0 Å². The van der Waals surface area contributed by atoms with Crippen LogP contribution in [-0.2, 0) is 6.42 Å². The Labute approximate surface area is 73.8 Å². The molecule has 0 saturated heterocycles. The minimum atomic E-state index is 0.268. The first-order valence-electron chi connectivity index (χ1n) is 4.48. The second-order valence-electron chi connectivity index (χ2n) is 3.07. The number of hydrogen-bond donors (Lipinski definition) is 1. The van der Waals surface area contributed by atoms with E-state index in [1.807, 2.05) is 24.4 Å². The molecule has 1 rings (SSSR count). The monoisotopic (exact) mass is 164 g/mol. The Balaban J connectivity index is 2.41. The molecule has 12 heavy (non-hydrogen) atoms. The third-order valence-electron chi connectivity index (χ3n) is 1.86. The summed E-state index contributed by atoms with van der Waals surface area (Å²) in [6.07, 6.45) is 4.94. The van der Waals surface area contributed by atoms with Gasteiger partial charge < -0.3 is 5.73 Å². The Morgan fingerprint density at radius 1 is 1.50 bits per heavy atom. The van der Waals surface area contributed by atoms with Gasteiger partial charge in [0.1, 0.15) is 0 Å². The molecule has 0 radical (unpaired) electrons. The molecular formula is C10H16N2. The van der Waals surface area contributed by atoms with E-state index >= 15 is 0 Å². The summed E-state index contributed by atoms with van der Waals surface area (Å²) in [7, 11) is 0. The topological polar surface area (TPSA) is 38.9 Å². The molecule has 1 unspecified atom stereocenters. The van der Waals surface area contributed by atoms with Gasteiger partial charge in [0.05, 0.1) is 0 Å². The maximum Gasteiger partial charge on any atom is 0.0419 e. The van der Waals surface area contributed by atoms with Crippen molar-refractivity contribution in [1.82, 2.24) is 4.98 Å². The summed E-state index contributed by atoms with van der Waals surface area (Å²) in [5.74, 6) is 0. The van der Waals surface area contributed by atoms with Crippen molar-refractivity contribution in [2.45, 2.75) is 32.2 Å². The van der Waals surface area contributed by atoms with E-state index in [9.17, 15) is 0 Å². The van der Waals surface area contributed by atoms with Crippen LogP contribution in [0.1, 0.15) is 25.5 Å². The van der Waals surface area contributed by atoms with Gasteiger partial charge in [-0.3, -0.25) is 4.98 Å². The van der Waals surface area contributed by atoms with Gasteiger partial charge in [0.2, 0.25) is 0 Å². The molecule has 0 fully saturated rings. The highest BCUT2D eigenvalue weighted by Crippen LogP contribution is 2.01. The lowest BCUT2D eigenvalue weighted by Gasteiger charge is -2.08. The Bertz CT molecular complexity index is 208. The molecule has 2 N–H and O–H groups in total. The van der Waals surface area contributed by atoms with Gasteiger partial charge in [0.15, 0.2) is 0 Å². The van der Waals surface area contributed by atoms with Gasteiger partial charge in [0.25, 0.3) is 0 Å². The number of hydrogen-bond acceptors (Lipinski definition) is 2. The predicted octanol–water partition coefficient (Wildman–Crippen LogP) is 1.75. The molecule has 0 bridgehead atoms. The lowest BCUT2D eigenvalue weighted by molar-refractivity contribution is 0.593. The van der Waals surface area contributed by atoms with Crippen LogP contribution in [0.5, 0.6) is 0 Å². The summed E-state index contributed by atoms with van der Waals surface area (Å²) in [4.78, 5) is 4.22. The van der Waals surface area contributed by atoms with Crippen LogP contribution in [0.3, 0.4) is 0 Å². The normalized spacial score (nSPS) is 12.8. The summed E-state index contributed by atoms with van der Waals surface area (Å²) in [5, 5.41) is 0. The van der Waals surface area contributed by atoms with Crippen molar-refractivity contribution in [2.24, 2.45) is 5.73 Å². The maximum absolute atomic E-state index is 5.88. The SMILES string of the molecule is CCCC(N)Cc1ccccn1. The average molecular weight is 164 g/mol. The van der Waals surface area contributed by atoms with Gasteiger partial charge in [-0.25, -0.2) is 0 Å². The molecule has 1 heterocycles. The second kappa shape index (κ2) is 4.88. The minimum Gasteiger partial charge on any atom is -0.327 e. The van der Waals surface area contributed by atoms with Crippen molar-refractivity contribution < 1.29 is 0 Å². The van der Waals surface area contributed by atoms with Crippen LogP contribution in [0.15, 0.2) is 24.4 Å². The second-order valence-corrected chi connectivity index (χ2v) is 3.07. The Morgan fingerprint density at radius 3 is 2.92 bits per heavy atom. The number of aromatic nitrogens is 1. The highest BCUT2D eigenvalue weighted by molar-refractivity contribution is 5.04. The summed E-state index contributed by atoms with van der Waals surface area (Å²) in [6, 6.07) is 6.22. The van der Waals surface area contributed by atoms with E-state index in [0.717, 1.165) is 25.0 Å². The lowest BCUT2D eigenvalue weighted by atomic mass is 10.1. The predicted molar refractivity (Wildman–Crippen MR) is 50.8 cm³/mol. The van der Waals surface area contributed by atoms with Crippen LogP contribution in [0.4, 0.5) is 0 Å². The smallest absolute Gasteiger partial charge is 0.0419 e. The van der Waals surface area contributed by atoms with Crippen molar-refractivity contribution >= 4 is 0 Å². The quantitative estimate of drug-likeness (QED) is 0.736. The number of pyridine rings is 1. The van der Waals surface area contributed by atoms with Crippen molar-refractivity contribution in [3.63, 3.8) is 0 Å². The molecule has 0 amide bonds. The van der Waals surface area contributed by atoms with Gasteiger partial charge in [-0.05, 0) is 18.6 Å². The van der Waals surface area contributed by atoms with Crippen LogP contribution in [-0.4, -0.2) is 11.0 Å². The molecule has 66 valence electrons. The maximum atomic E-state index is 5.88. The lowest BCUT2D eigenvalue weighted by Crippen LogP contribution is -2.22. The first kappa shape index (κ1) is 9.20. The van der Waals surface area contributed by atoms with Crippen molar-refractivity contribution in [1.29, 1.82) is 0 Å². The summed E-state index contributed by atoms with van der Waals surface area (Å²) in [6.45, 7) is 2.15. The molecule has 1 atom stereocenters. The molecule has 2 nitrogen and oxygen atoms in total. The summed E-state index contributed by atoms with van der Waals surface area (Å²) < 4.78 is 0. The standard InChI is InChI=1S/C10H16N2/c1-2-5-9(11)8-10-6-3-4-7-12-10/h3-4,6-7,9H,2,5,8,11H2,1H3. The van der Waals surface area contributed by atoms with Gasteiger partial charge >= 0.3 is 0 Å². The highest BCUT2D eigenvalue weighted by Gasteiger charge is 2.02. The zero-order chi connectivity index (χ0) is 8.81. The molecule has 0 aliphatic rings. The summed E-state index contributed by atoms with van der Waals surface area (Å²) >= 11 is 0. The van der Waals surface area contributed by atoms with Crippen molar-refractivity contribution in [2.75, 3.05) is 0 Å². The first-order valence-corrected chi connectivity index (χ1v) is 4.48. The minimum absolute atomic E-state index is 0.268. The van der Waals surface area contributed by atoms with Crippen LogP contribution in [0.2, 0.25) is 0 Å². The fourth-order valence-corrected chi connectivity index (χ4v) is 1.26.